The van der Waals surface area contributed by atoms with Crippen molar-refractivity contribution in [3.05, 3.63) is 0 Å². The highest BCUT2D eigenvalue weighted by Gasteiger charge is 2.30. The molecule has 54 valence electrons. The minimum atomic E-state index is -3.86. The molecule has 0 spiro atoms. The highest BCUT2D eigenvalue weighted by molar-refractivity contribution is 7.47. The van der Waals surface area contributed by atoms with Gasteiger partial charge in [0.1, 0.15) is 6.61 Å². The predicted molar refractivity (Wildman–Crippen MR) is 27.4 cm³/mol. The summed E-state index contributed by atoms with van der Waals surface area (Å²) in [4.78, 5) is 12.8. The highest BCUT2D eigenvalue weighted by atomic mass is 31.2. The molecule has 0 saturated carbocycles. The van der Waals surface area contributed by atoms with Gasteiger partial charge < -0.3 is 4.89 Å². The first-order chi connectivity index (χ1) is 4.10. The summed E-state index contributed by atoms with van der Waals surface area (Å²) in [6.07, 6.45) is -0.380. The average molecular weight is 154 g/mol. The van der Waals surface area contributed by atoms with E-state index in [1.807, 2.05) is 0 Å². The van der Waals surface area contributed by atoms with Crippen LogP contribution in [-0.2, 0) is 18.7 Å². The van der Waals surface area contributed by atoms with E-state index in [0.717, 1.165) is 0 Å². The number of phosphoric ester groups is 1. The first-order valence-electron chi connectivity index (χ1n) is 2.42. The van der Waals surface area contributed by atoms with Gasteiger partial charge in [0.2, 0.25) is 0 Å². The topological polar surface area (TPSA) is 65.0 Å². The largest absolute Gasteiger partial charge is 0.499 e. The normalized spacial score (nSPS) is 44.9. The fraction of sp³-hybridized carbons (Fsp3) is 1.00. The van der Waals surface area contributed by atoms with Crippen LogP contribution < -0.4 is 0 Å². The van der Waals surface area contributed by atoms with Crippen LogP contribution in [0.2, 0.25) is 0 Å². The summed E-state index contributed by atoms with van der Waals surface area (Å²) in [5.41, 5.74) is 0. The molecule has 6 heteroatoms. The van der Waals surface area contributed by atoms with E-state index in [1.165, 1.54) is 0 Å². The Morgan fingerprint density at radius 2 is 2.44 bits per heavy atom. The maximum Gasteiger partial charge on any atom is 0.499 e. The Labute approximate surface area is 52.1 Å². The van der Waals surface area contributed by atoms with Gasteiger partial charge in [0.05, 0.1) is 6.10 Å². The maximum atomic E-state index is 10.4. The van der Waals surface area contributed by atoms with Crippen LogP contribution in [0, 0.1) is 0 Å². The van der Waals surface area contributed by atoms with Crippen LogP contribution in [0.1, 0.15) is 6.92 Å². The zero-order valence-corrected chi connectivity index (χ0v) is 5.71. The van der Waals surface area contributed by atoms with Gasteiger partial charge in [-0.1, -0.05) is 0 Å². The molecular weight excluding hydrogens is 147 g/mol. The lowest BCUT2D eigenvalue weighted by molar-refractivity contribution is -0.264. The third-order valence-electron chi connectivity index (χ3n) is 0.763. The molecule has 0 radical (unpaired) electrons. The number of rotatable bonds is 0. The summed E-state index contributed by atoms with van der Waals surface area (Å²) in [6, 6.07) is 0. The summed E-state index contributed by atoms with van der Waals surface area (Å²) in [5, 5.41) is 0. The minimum absolute atomic E-state index is 0.185. The summed E-state index contributed by atoms with van der Waals surface area (Å²) in [6.45, 7) is 1.80. The number of hydrogen-bond donors (Lipinski definition) is 1. The van der Waals surface area contributed by atoms with Crippen molar-refractivity contribution < 1.29 is 23.5 Å². The van der Waals surface area contributed by atoms with Crippen molar-refractivity contribution in [2.45, 2.75) is 13.0 Å². The van der Waals surface area contributed by atoms with Gasteiger partial charge in [0.25, 0.3) is 0 Å². The van der Waals surface area contributed by atoms with Crippen LogP contribution in [0.4, 0.5) is 0 Å². The van der Waals surface area contributed by atoms with Crippen LogP contribution in [0.15, 0.2) is 0 Å². The van der Waals surface area contributed by atoms with Crippen LogP contribution >= 0.6 is 7.82 Å². The smallest absolute Gasteiger partial charge is 0.301 e. The van der Waals surface area contributed by atoms with Crippen LogP contribution in [0.5, 0.6) is 0 Å². The second-order valence-corrected chi connectivity index (χ2v) is 3.04. The van der Waals surface area contributed by atoms with Crippen molar-refractivity contribution in [1.29, 1.82) is 0 Å². The Balaban J connectivity index is 2.51. The second kappa shape index (κ2) is 2.36. The molecule has 2 atom stereocenters. The third kappa shape index (κ3) is 2.04. The molecule has 5 nitrogen and oxygen atoms in total. The summed E-state index contributed by atoms with van der Waals surface area (Å²) in [7, 11) is -3.86. The lowest BCUT2D eigenvalue weighted by Crippen LogP contribution is -2.20. The summed E-state index contributed by atoms with van der Waals surface area (Å²) < 4.78 is 18.8. The fourth-order valence-electron chi connectivity index (χ4n) is 0.468. The molecule has 0 aromatic rings. The third-order valence-corrected chi connectivity index (χ3v) is 1.68. The Morgan fingerprint density at radius 1 is 1.78 bits per heavy atom. The molecule has 1 aliphatic heterocycles. The van der Waals surface area contributed by atoms with Gasteiger partial charge in [-0.2, -0.15) is 0 Å². The lowest BCUT2D eigenvalue weighted by atomic mass is 10.5. The molecule has 1 fully saturated rings. The molecule has 1 heterocycles. The van der Waals surface area contributed by atoms with E-state index >= 15 is 0 Å². The molecular formula is C3H7O5P. The van der Waals surface area contributed by atoms with E-state index < -0.39 is 7.82 Å². The van der Waals surface area contributed by atoms with Gasteiger partial charge >= 0.3 is 7.82 Å². The summed E-state index contributed by atoms with van der Waals surface area (Å²) in [5.74, 6) is 0. The fourth-order valence-corrected chi connectivity index (χ4v) is 1.21. The molecule has 0 aliphatic carbocycles. The SMILES string of the molecule is CC1COOP(=O)(O)O1. The zero-order valence-electron chi connectivity index (χ0n) is 4.81. The van der Waals surface area contributed by atoms with E-state index in [1.54, 1.807) is 6.92 Å². The average Bonchev–Trinajstić information content (AvgIpc) is 1.60. The molecule has 0 aromatic carbocycles. The quantitative estimate of drug-likeness (QED) is 0.405. The first kappa shape index (κ1) is 7.18. The zero-order chi connectivity index (χ0) is 6.91. The second-order valence-electron chi connectivity index (χ2n) is 1.74. The molecule has 0 aromatic heterocycles. The van der Waals surface area contributed by atoms with Gasteiger partial charge in [-0.3, -0.25) is 4.52 Å². The monoisotopic (exact) mass is 154 g/mol. The van der Waals surface area contributed by atoms with Gasteiger partial charge in [-0.25, -0.2) is 9.45 Å². The molecule has 0 bridgehead atoms. The molecule has 1 N–H and O–H groups in total. The standard InChI is InChI=1S/C3H7O5P/c1-3-2-6-8-9(4,5)7-3/h3H,2H2,1H3,(H,4,5). The van der Waals surface area contributed by atoms with Crippen molar-refractivity contribution >= 4 is 7.82 Å². The molecule has 2 unspecified atom stereocenters. The van der Waals surface area contributed by atoms with E-state index in [4.69, 9.17) is 4.89 Å². The van der Waals surface area contributed by atoms with Crippen molar-refractivity contribution in [2.24, 2.45) is 0 Å². The minimum Gasteiger partial charge on any atom is -0.301 e. The van der Waals surface area contributed by atoms with Gasteiger partial charge in [0, 0.05) is 0 Å². The number of phosphoric acid groups is 1. The molecule has 1 aliphatic rings. The Hall–Kier alpha value is 0.0700. The van der Waals surface area contributed by atoms with Crippen molar-refractivity contribution in [3.8, 4) is 0 Å². The first-order valence-corrected chi connectivity index (χ1v) is 3.92. The van der Waals surface area contributed by atoms with E-state index in [0.29, 0.717) is 0 Å². The Kier molecular flexibility index (Phi) is 1.88. The molecule has 1 saturated heterocycles. The van der Waals surface area contributed by atoms with Crippen LogP contribution in [0.3, 0.4) is 0 Å². The van der Waals surface area contributed by atoms with E-state index in [-0.39, 0.29) is 12.7 Å². The van der Waals surface area contributed by atoms with Crippen molar-refractivity contribution in [2.75, 3.05) is 6.61 Å². The maximum absolute atomic E-state index is 10.4. The Bertz CT molecular complexity index is 145. The van der Waals surface area contributed by atoms with Crippen LogP contribution in [-0.4, -0.2) is 17.6 Å². The van der Waals surface area contributed by atoms with Crippen LogP contribution in [0.25, 0.3) is 0 Å². The van der Waals surface area contributed by atoms with Gasteiger partial charge in [-0.05, 0) is 6.92 Å². The lowest BCUT2D eigenvalue weighted by Gasteiger charge is -2.20. The van der Waals surface area contributed by atoms with E-state index in [2.05, 4.69) is 14.1 Å². The highest BCUT2D eigenvalue weighted by Crippen LogP contribution is 2.47. The van der Waals surface area contributed by atoms with Gasteiger partial charge in [0.15, 0.2) is 0 Å². The number of hydrogen-bond acceptors (Lipinski definition) is 4. The van der Waals surface area contributed by atoms with Crippen molar-refractivity contribution in [3.63, 3.8) is 0 Å². The Morgan fingerprint density at radius 3 is 2.78 bits per heavy atom. The predicted octanol–water partition coefficient (Wildman–Crippen LogP) is 0.454. The molecule has 0 amide bonds. The van der Waals surface area contributed by atoms with Gasteiger partial charge in [-0.15, -0.1) is 4.67 Å². The van der Waals surface area contributed by atoms with Crippen molar-refractivity contribution in [1.82, 2.24) is 0 Å². The molecule has 9 heavy (non-hydrogen) atoms. The molecule has 1 rings (SSSR count). The van der Waals surface area contributed by atoms with E-state index in [9.17, 15) is 4.57 Å². The summed E-state index contributed by atoms with van der Waals surface area (Å²) >= 11 is 0.